The number of hydrogen-bond donors (Lipinski definition) is 2. The lowest BCUT2D eigenvalue weighted by Gasteiger charge is -2.14. The molecule has 13 heavy (non-hydrogen) atoms. The maximum absolute atomic E-state index is 9.46. The second-order valence-corrected chi connectivity index (χ2v) is 5.01. The van der Waals surface area contributed by atoms with Gasteiger partial charge in [0.15, 0.2) is 0 Å². The zero-order chi connectivity index (χ0) is 9.47. The second kappa shape index (κ2) is 3.23. The van der Waals surface area contributed by atoms with E-state index < -0.39 is 0 Å². The van der Waals surface area contributed by atoms with E-state index in [9.17, 15) is 5.11 Å². The average molecular weight is 185 g/mol. The first-order chi connectivity index (χ1) is 6.09. The fourth-order valence-corrected chi connectivity index (χ4v) is 1.96. The van der Waals surface area contributed by atoms with Crippen molar-refractivity contribution in [2.75, 3.05) is 19.8 Å². The maximum atomic E-state index is 9.46. The molecule has 0 radical (unpaired) electrons. The van der Waals surface area contributed by atoms with Crippen LogP contribution in [0.25, 0.3) is 0 Å². The first-order valence-electron chi connectivity index (χ1n) is 5.09. The van der Waals surface area contributed by atoms with Gasteiger partial charge in [-0.2, -0.15) is 0 Å². The van der Waals surface area contributed by atoms with Gasteiger partial charge in [-0.1, -0.05) is 13.8 Å². The lowest BCUT2D eigenvalue weighted by molar-refractivity contribution is 0.122. The Morgan fingerprint density at radius 3 is 2.62 bits per heavy atom. The predicted molar refractivity (Wildman–Crippen MR) is 50.5 cm³/mol. The van der Waals surface area contributed by atoms with Gasteiger partial charge in [-0.25, -0.2) is 0 Å². The Bertz CT molecular complexity index is 193. The zero-order valence-electron chi connectivity index (χ0n) is 8.42. The highest BCUT2D eigenvalue weighted by Gasteiger charge is 2.45. The highest BCUT2D eigenvalue weighted by atomic mass is 16.5. The summed E-state index contributed by atoms with van der Waals surface area (Å²) in [6.07, 6.45) is 1.01. The van der Waals surface area contributed by atoms with Crippen LogP contribution in [0.2, 0.25) is 0 Å². The van der Waals surface area contributed by atoms with Gasteiger partial charge in [-0.3, -0.25) is 0 Å². The van der Waals surface area contributed by atoms with Crippen molar-refractivity contribution in [1.29, 1.82) is 0 Å². The molecule has 2 N–H and O–H groups in total. The Morgan fingerprint density at radius 2 is 2.15 bits per heavy atom. The van der Waals surface area contributed by atoms with Crippen LogP contribution in [-0.4, -0.2) is 37.0 Å². The van der Waals surface area contributed by atoms with Crippen molar-refractivity contribution >= 4 is 0 Å². The van der Waals surface area contributed by atoms with E-state index in [-0.39, 0.29) is 12.1 Å². The van der Waals surface area contributed by atoms with Crippen molar-refractivity contribution < 1.29 is 9.84 Å². The van der Waals surface area contributed by atoms with E-state index in [1.807, 2.05) is 0 Å². The van der Waals surface area contributed by atoms with E-state index in [1.165, 1.54) is 6.42 Å². The summed E-state index contributed by atoms with van der Waals surface area (Å²) in [6, 6.07) is 0.163. The van der Waals surface area contributed by atoms with Gasteiger partial charge >= 0.3 is 0 Å². The molecule has 0 aromatic carbocycles. The third kappa shape index (κ3) is 2.03. The van der Waals surface area contributed by atoms with Crippen LogP contribution in [0.1, 0.15) is 20.3 Å². The summed E-state index contributed by atoms with van der Waals surface area (Å²) in [4.78, 5) is 0. The number of hydrogen-bond acceptors (Lipinski definition) is 3. The van der Waals surface area contributed by atoms with Gasteiger partial charge in [0.05, 0.1) is 25.4 Å². The van der Waals surface area contributed by atoms with Gasteiger partial charge in [0, 0.05) is 0 Å². The first kappa shape index (κ1) is 9.44. The SMILES string of the molecule is CC1(C)CC1CNC1COCC1O. The Morgan fingerprint density at radius 1 is 1.46 bits per heavy atom. The molecule has 3 atom stereocenters. The van der Waals surface area contributed by atoms with Crippen LogP contribution >= 0.6 is 0 Å². The van der Waals surface area contributed by atoms with E-state index >= 15 is 0 Å². The predicted octanol–water partition coefficient (Wildman–Crippen LogP) is 0.382. The molecule has 2 aliphatic rings. The highest BCUT2D eigenvalue weighted by molar-refractivity contribution is 4.97. The number of nitrogens with one attached hydrogen (secondary N) is 1. The molecule has 2 rings (SSSR count). The lowest BCUT2D eigenvalue weighted by atomic mass is 10.1. The molecule has 0 aromatic rings. The van der Waals surface area contributed by atoms with Gasteiger partial charge in [-0.05, 0) is 24.3 Å². The summed E-state index contributed by atoms with van der Waals surface area (Å²) >= 11 is 0. The van der Waals surface area contributed by atoms with Crippen molar-refractivity contribution in [2.24, 2.45) is 11.3 Å². The summed E-state index contributed by atoms with van der Waals surface area (Å²) in [5, 5.41) is 12.8. The average Bonchev–Trinajstić information content (AvgIpc) is 2.47. The number of aliphatic hydroxyl groups excluding tert-OH is 1. The highest BCUT2D eigenvalue weighted by Crippen LogP contribution is 2.51. The minimum absolute atomic E-state index is 0.163. The Kier molecular flexibility index (Phi) is 2.34. The molecule has 3 nitrogen and oxygen atoms in total. The summed E-state index contributed by atoms with van der Waals surface area (Å²) in [7, 11) is 0. The van der Waals surface area contributed by atoms with E-state index in [0.717, 1.165) is 12.5 Å². The topological polar surface area (TPSA) is 41.5 Å². The summed E-state index contributed by atoms with van der Waals surface area (Å²) in [5.74, 6) is 0.792. The number of ether oxygens (including phenoxy) is 1. The molecule has 0 spiro atoms. The van der Waals surface area contributed by atoms with Crippen molar-refractivity contribution in [3.05, 3.63) is 0 Å². The largest absolute Gasteiger partial charge is 0.389 e. The van der Waals surface area contributed by atoms with Crippen LogP contribution in [0.3, 0.4) is 0 Å². The Balaban J connectivity index is 1.68. The van der Waals surface area contributed by atoms with E-state index in [0.29, 0.717) is 18.6 Å². The van der Waals surface area contributed by atoms with Crippen LogP contribution in [-0.2, 0) is 4.74 Å². The van der Waals surface area contributed by atoms with Crippen molar-refractivity contribution in [3.8, 4) is 0 Å². The zero-order valence-corrected chi connectivity index (χ0v) is 8.42. The van der Waals surface area contributed by atoms with Gasteiger partial charge in [-0.15, -0.1) is 0 Å². The molecule has 0 amide bonds. The molecular weight excluding hydrogens is 166 g/mol. The molecule has 1 aliphatic carbocycles. The summed E-state index contributed by atoms with van der Waals surface area (Å²) < 4.78 is 5.16. The van der Waals surface area contributed by atoms with E-state index in [4.69, 9.17) is 4.74 Å². The molecule has 3 unspecified atom stereocenters. The summed E-state index contributed by atoms with van der Waals surface area (Å²) in [6.45, 7) is 6.76. The molecule has 1 saturated heterocycles. The molecule has 1 aliphatic heterocycles. The normalized spacial score (nSPS) is 42.2. The minimum atomic E-state index is -0.304. The van der Waals surface area contributed by atoms with Crippen LogP contribution in [0, 0.1) is 11.3 Å². The monoisotopic (exact) mass is 185 g/mol. The van der Waals surface area contributed by atoms with E-state index in [1.54, 1.807) is 0 Å². The fraction of sp³-hybridized carbons (Fsp3) is 1.00. The quantitative estimate of drug-likeness (QED) is 0.668. The van der Waals surface area contributed by atoms with Gasteiger partial charge in [0.1, 0.15) is 0 Å². The molecule has 76 valence electrons. The minimum Gasteiger partial charge on any atom is -0.389 e. The molecule has 0 aromatic heterocycles. The third-order valence-corrected chi connectivity index (χ3v) is 3.39. The second-order valence-electron chi connectivity index (χ2n) is 5.01. The number of aliphatic hydroxyl groups is 1. The standard InChI is InChI=1S/C10H19NO2/c1-10(2)3-7(10)4-11-8-5-13-6-9(8)12/h7-9,11-12H,3-6H2,1-2H3. The van der Waals surface area contributed by atoms with Gasteiger partial charge < -0.3 is 15.2 Å². The fourth-order valence-electron chi connectivity index (χ4n) is 1.96. The van der Waals surface area contributed by atoms with Crippen LogP contribution < -0.4 is 5.32 Å². The van der Waals surface area contributed by atoms with Crippen LogP contribution in [0.15, 0.2) is 0 Å². The molecule has 0 bridgehead atoms. The summed E-state index contributed by atoms with van der Waals surface area (Å²) in [5.41, 5.74) is 0.525. The van der Waals surface area contributed by atoms with Gasteiger partial charge in [0.2, 0.25) is 0 Å². The Labute approximate surface area is 79.5 Å². The van der Waals surface area contributed by atoms with E-state index in [2.05, 4.69) is 19.2 Å². The lowest BCUT2D eigenvalue weighted by Crippen LogP contribution is -2.40. The molecule has 1 heterocycles. The Hall–Kier alpha value is -0.120. The first-order valence-corrected chi connectivity index (χ1v) is 5.09. The number of rotatable bonds is 3. The molecule has 3 heteroatoms. The molecular formula is C10H19NO2. The van der Waals surface area contributed by atoms with Crippen LogP contribution in [0.5, 0.6) is 0 Å². The third-order valence-electron chi connectivity index (χ3n) is 3.39. The maximum Gasteiger partial charge on any atom is 0.0948 e. The van der Waals surface area contributed by atoms with Gasteiger partial charge in [0.25, 0.3) is 0 Å². The van der Waals surface area contributed by atoms with Crippen LogP contribution in [0.4, 0.5) is 0 Å². The molecule has 1 saturated carbocycles. The smallest absolute Gasteiger partial charge is 0.0948 e. The van der Waals surface area contributed by atoms with Crippen molar-refractivity contribution in [3.63, 3.8) is 0 Å². The van der Waals surface area contributed by atoms with Crippen molar-refractivity contribution in [1.82, 2.24) is 5.32 Å². The molecule has 2 fully saturated rings. The van der Waals surface area contributed by atoms with Crippen molar-refractivity contribution in [2.45, 2.75) is 32.4 Å².